The highest BCUT2D eigenvalue weighted by Crippen LogP contribution is 2.23. The summed E-state index contributed by atoms with van der Waals surface area (Å²) in [5, 5.41) is 7.20. The first-order valence-corrected chi connectivity index (χ1v) is 11.8. The first-order valence-electron chi connectivity index (χ1n) is 11.4. The highest BCUT2D eigenvalue weighted by Gasteiger charge is 2.16. The lowest BCUT2D eigenvalue weighted by Gasteiger charge is -2.33. The zero-order chi connectivity index (χ0) is 23.0. The highest BCUT2D eigenvalue weighted by molar-refractivity contribution is 6.30. The monoisotopic (exact) mass is 474 g/mol. The number of hydrogen-bond acceptors (Lipinski definition) is 5. The molecule has 4 rings (SSSR count). The van der Waals surface area contributed by atoms with E-state index in [4.69, 9.17) is 21.2 Å². The Hall–Kier alpha value is -2.00. The third kappa shape index (κ3) is 6.76. The average molecular weight is 475 g/mol. The van der Waals surface area contributed by atoms with Crippen LogP contribution in [0.1, 0.15) is 11.1 Å². The van der Waals surface area contributed by atoms with Crippen LogP contribution >= 0.6 is 11.6 Å². The normalized spacial score (nSPS) is 15.5. The number of aromatic nitrogens is 1. The summed E-state index contributed by atoms with van der Waals surface area (Å²) in [6.07, 6.45) is 2.01. The van der Waals surface area contributed by atoms with Crippen molar-refractivity contribution in [3.8, 4) is 0 Å². The van der Waals surface area contributed by atoms with Gasteiger partial charge >= 0.3 is 0 Å². The standard InChI is InChI=1S/C25H32ClFN4O2/c1-32-15-13-29-9-11-31(12-10-29)33-14-7-28-18-21-16-23(27)17-25-24(21)6-8-30(25)19-20-2-4-22(26)5-3-20/h2-6,8,16-17,28H,7,9-15,18-19H2,1H3. The molecule has 2 aromatic carbocycles. The van der Waals surface area contributed by atoms with Crippen molar-refractivity contribution in [3.05, 3.63) is 70.6 Å². The van der Waals surface area contributed by atoms with Gasteiger partial charge in [0.05, 0.1) is 18.7 Å². The second kappa shape index (κ2) is 11.9. The van der Waals surface area contributed by atoms with Gasteiger partial charge in [-0.15, -0.1) is 0 Å². The lowest BCUT2D eigenvalue weighted by atomic mass is 10.1. The molecule has 3 aromatic rings. The molecule has 1 saturated heterocycles. The van der Waals surface area contributed by atoms with E-state index < -0.39 is 0 Å². The fraction of sp³-hybridized carbons (Fsp3) is 0.440. The molecule has 0 amide bonds. The largest absolute Gasteiger partial charge is 0.383 e. The van der Waals surface area contributed by atoms with Crippen LogP contribution in [-0.4, -0.2) is 74.1 Å². The molecule has 1 fully saturated rings. The van der Waals surface area contributed by atoms with Crippen LogP contribution in [0.25, 0.3) is 10.9 Å². The van der Waals surface area contributed by atoms with E-state index in [2.05, 4.69) is 20.9 Å². The van der Waals surface area contributed by atoms with E-state index in [-0.39, 0.29) is 5.82 Å². The Labute approximate surface area is 199 Å². The van der Waals surface area contributed by atoms with E-state index in [1.807, 2.05) is 35.5 Å². The smallest absolute Gasteiger partial charge is 0.125 e. The Morgan fingerprint density at radius 1 is 1.03 bits per heavy atom. The minimum atomic E-state index is -0.224. The summed E-state index contributed by atoms with van der Waals surface area (Å²) in [4.78, 5) is 8.27. The molecule has 0 unspecified atom stereocenters. The fourth-order valence-electron chi connectivity index (χ4n) is 4.18. The average Bonchev–Trinajstić information content (AvgIpc) is 3.22. The Morgan fingerprint density at radius 2 is 1.82 bits per heavy atom. The fourth-order valence-corrected chi connectivity index (χ4v) is 4.30. The maximum absolute atomic E-state index is 14.4. The van der Waals surface area contributed by atoms with E-state index >= 15 is 0 Å². The van der Waals surface area contributed by atoms with Crippen LogP contribution < -0.4 is 5.32 Å². The van der Waals surface area contributed by atoms with Crippen LogP contribution in [0.15, 0.2) is 48.7 Å². The van der Waals surface area contributed by atoms with Crippen molar-refractivity contribution in [1.82, 2.24) is 19.8 Å². The Balaban J connectivity index is 1.26. The molecule has 33 heavy (non-hydrogen) atoms. The van der Waals surface area contributed by atoms with Crippen LogP contribution in [-0.2, 0) is 22.7 Å². The molecule has 6 nitrogen and oxygen atoms in total. The molecule has 0 aliphatic carbocycles. The van der Waals surface area contributed by atoms with Crippen molar-refractivity contribution in [1.29, 1.82) is 0 Å². The number of rotatable bonds is 11. The van der Waals surface area contributed by atoms with Gasteiger partial charge in [0.25, 0.3) is 0 Å². The summed E-state index contributed by atoms with van der Waals surface area (Å²) < 4.78 is 21.6. The topological polar surface area (TPSA) is 41.9 Å². The van der Waals surface area contributed by atoms with Crippen LogP contribution in [0, 0.1) is 5.82 Å². The van der Waals surface area contributed by atoms with Crippen molar-refractivity contribution in [2.24, 2.45) is 0 Å². The molecule has 1 N–H and O–H groups in total. The number of nitrogens with one attached hydrogen (secondary N) is 1. The molecule has 0 spiro atoms. The van der Waals surface area contributed by atoms with Gasteiger partial charge in [0.1, 0.15) is 5.82 Å². The van der Waals surface area contributed by atoms with Gasteiger partial charge in [-0.2, -0.15) is 5.06 Å². The molecule has 0 saturated carbocycles. The van der Waals surface area contributed by atoms with Gasteiger partial charge < -0.3 is 14.6 Å². The van der Waals surface area contributed by atoms with Gasteiger partial charge in [0, 0.05) is 76.1 Å². The third-order valence-corrected chi connectivity index (χ3v) is 6.27. The minimum Gasteiger partial charge on any atom is -0.383 e. The number of nitrogens with zero attached hydrogens (tertiary/aromatic N) is 3. The molecule has 2 heterocycles. The quantitative estimate of drug-likeness (QED) is 0.428. The van der Waals surface area contributed by atoms with Crippen LogP contribution in [0.5, 0.6) is 0 Å². The summed E-state index contributed by atoms with van der Waals surface area (Å²) in [6, 6.07) is 13.0. The molecule has 0 radical (unpaired) electrons. The number of piperazine rings is 1. The van der Waals surface area contributed by atoms with Gasteiger partial charge in [0.15, 0.2) is 0 Å². The zero-order valence-electron chi connectivity index (χ0n) is 19.1. The number of fused-ring (bicyclic) bond motifs is 1. The predicted molar refractivity (Wildman–Crippen MR) is 130 cm³/mol. The minimum absolute atomic E-state index is 0.224. The van der Waals surface area contributed by atoms with Gasteiger partial charge in [0.2, 0.25) is 0 Å². The second-order valence-electron chi connectivity index (χ2n) is 8.34. The van der Waals surface area contributed by atoms with Crippen molar-refractivity contribution in [2.45, 2.75) is 13.1 Å². The maximum Gasteiger partial charge on any atom is 0.125 e. The first-order chi connectivity index (χ1) is 16.1. The zero-order valence-corrected chi connectivity index (χ0v) is 19.9. The number of hydrogen-bond donors (Lipinski definition) is 1. The van der Waals surface area contributed by atoms with E-state index in [0.29, 0.717) is 31.3 Å². The summed E-state index contributed by atoms with van der Waals surface area (Å²) in [5.74, 6) is -0.224. The van der Waals surface area contributed by atoms with E-state index in [1.165, 1.54) is 0 Å². The molecule has 1 aliphatic rings. The molecule has 178 valence electrons. The van der Waals surface area contributed by atoms with Crippen LogP contribution in [0.3, 0.4) is 0 Å². The molecular formula is C25H32ClFN4O2. The lowest BCUT2D eigenvalue weighted by Crippen LogP contribution is -2.47. The Kier molecular flexibility index (Phi) is 8.72. The summed E-state index contributed by atoms with van der Waals surface area (Å²) in [7, 11) is 1.73. The summed E-state index contributed by atoms with van der Waals surface area (Å²) >= 11 is 5.99. The van der Waals surface area contributed by atoms with E-state index in [0.717, 1.165) is 61.4 Å². The molecule has 0 bridgehead atoms. The van der Waals surface area contributed by atoms with Gasteiger partial charge in [-0.05, 0) is 41.5 Å². The van der Waals surface area contributed by atoms with Crippen molar-refractivity contribution in [2.75, 3.05) is 59.6 Å². The lowest BCUT2D eigenvalue weighted by molar-refractivity contribution is -0.175. The molecule has 8 heteroatoms. The molecule has 0 atom stereocenters. The van der Waals surface area contributed by atoms with Crippen molar-refractivity contribution >= 4 is 22.5 Å². The van der Waals surface area contributed by atoms with E-state index in [9.17, 15) is 4.39 Å². The Morgan fingerprint density at radius 3 is 2.58 bits per heavy atom. The maximum atomic E-state index is 14.4. The Bertz CT molecular complexity index is 1020. The van der Waals surface area contributed by atoms with Crippen molar-refractivity contribution in [3.63, 3.8) is 0 Å². The van der Waals surface area contributed by atoms with E-state index in [1.54, 1.807) is 19.2 Å². The predicted octanol–water partition coefficient (Wildman–Crippen LogP) is 3.77. The van der Waals surface area contributed by atoms with Crippen LogP contribution in [0.4, 0.5) is 4.39 Å². The number of ether oxygens (including phenoxy) is 1. The number of benzene rings is 2. The molecule has 1 aliphatic heterocycles. The third-order valence-electron chi connectivity index (χ3n) is 6.02. The van der Waals surface area contributed by atoms with Crippen molar-refractivity contribution < 1.29 is 14.0 Å². The SMILES string of the molecule is COCCN1CCN(OCCNCc2cc(F)cc3c2ccn3Cc2ccc(Cl)cc2)CC1. The van der Waals surface area contributed by atoms with Gasteiger partial charge in [-0.1, -0.05) is 23.7 Å². The highest BCUT2D eigenvalue weighted by atomic mass is 35.5. The summed E-state index contributed by atoms with van der Waals surface area (Å²) in [5.41, 5.74) is 2.97. The second-order valence-corrected chi connectivity index (χ2v) is 8.78. The molecule has 1 aromatic heterocycles. The molecular weight excluding hydrogens is 443 g/mol. The van der Waals surface area contributed by atoms with Crippen LogP contribution in [0.2, 0.25) is 5.02 Å². The summed E-state index contributed by atoms with van der Waals surface area (Å²) in [6.45, 7) is 8.07. The number of halogens is 2. The van der Waals surface area contributed by atoms with Gasteiger partial charge in [-0.25, -0.2) is 4.39 Å². The van der Waals surface area contributed by atoms with Gasteiger partial charge in [-0.3, -0.25) is 9.74 Å². The number of hydroxylamine groups is 2. The first kappa shape index (κ1) is 24.1. The number of methoxy groups -OCH3 is 1.